The molecule has 1 amide bonds. The highest BCUT2D eigenvalue weighted by Gasteiger charge is 2.24. The van der Waals surface area contributed by atoms with Crippen LogP contribution in [0.4, 0.5) is 10.8 Å². The minimum atomic E-state index is -3.72. The summed E-state index contributed by atoms with van der Waals surface area (Å²) in [5.41, 5.74) is 2.09. The van der Waals surface area contributed by atoms with Gasteiger partial charge in [-0.2, -0.15) is 0 Å². The van der Waals surface area contributed by atoms with Crippen molar-refractivity contribution in [1.82, 2.24) is 15.2 Å². The summed E-state index contributed by atoms with van der Waals surface area (Å²) in [6.45, 7) is 7.02. The minimum absolute atomic E-state index is 0.158. The first-order valence-electron chi connectivity index (χ1n) is 12.7. The van der Waals surface area contributed by atoms with Gasteiger partial charge >= 0.3 is 0 Å². The zero-order valence-corrected chi connectivity index (χ0v) is 22.9. The van der Waals surface area contributed by atoms with Crippen molar-refractivity contribution in [2.24, 2.45) is 0 Å². The molecule has 1 aromatic heterocycles. The average Bonchev–Trinajstić information content (AvgIpc) is 3.39. The van der Waals surface area contributed by atoms with Gasteiger partial charge in [0.15, 0.2) is 5.13 Å². The molecule has 0 atom stereocenters. The summed E-state index contributed by atoms with van der Waals surface area (Å²) in [4.78, 5) is 22.3. The van der Waals surface area contributed by atoms with Gasteiger partial charge in [0.05, 0.1) is 20.8 Å². The van der Waals surface area contributed by atoms with E-state index in [1.165, 1.54) is 21.1 Å². The van der Waals surface area contributed by atoms with Gasteiger partial charge in [-0.3, -0.25) is 14.0 Å². The number of nitrogens with one attached hydrogen (secondary N) is 1. The Balaban J connectivity index is 1.11. The van der Waals surface area contributed by atoms with Gasteiger partial charge in [0, 0.05) is 51.4 Å². The zero-order chi connectivity index (χ0) is 26.5. The number of fused-ring (bicyclic) bond motifs is 1. The van der Waals surface area contributed by atoms with Gasteiger partial charge in [0.25, 0.3) is 15.9 Å². The number of piperazine rings is 1. The molecule has 38 heavy (non-hydrogen) atoms. The van der Waals surface area contributed by atoms with Crippen LogP contribution in [-0.4, -0.2) is 70.0 Å². The molecule has 198 valence electrons. The number of para-hydroxylation sites is 2. The monoisotopic (exact) mass is 549 g/mol. The molecule has 0 radical (unpaired) electrons. The molecule has 1 aliphatic rings. The number of hydrogen-bond donors (Lipinski definition) is 1. The van der Waals surface area contributed by atoms with E-state index in [1.54, 1.807) is 42.5 Å². The Labute approximate surface area is 227 Å². The first kappa shape index (κ1) is 26.1. The molecule has 5 rings (SSSR count). The van der Waals surface area contributed by atoms with Crippen LogP contribution in [0.25, 0.3) is 10.2 Å². The SMILES string of the molecule is CCN(c1ccccc1)S(=O)(=O)c1ccc(C(=O)NCCN2CCN(c3nc4ccccc4s3)CC2)cc1. The summed E-state index contributed by atoms with van der Waals surface area (Å²) < 4.78 is 28.9. The van der Waals surface area contributed by atoms with E-state index in [9.17, 15) is 13.2 Å². The van der Waals surface area contributed by atoms with Crippen molar-refractivity contribution < 1.29 is 13.2 Å². The molecule has 1 fully saturated rings. The number of nitrogens with zero attached hydrogens (tertiary/aromatic N) is 4. The number of rotatable bonds is 9. The summed E-state index contributed by atoms with van der Waals surface area (Å²) in [7, 11) is -3.72. The summed E-state index contributed by atoms with van der Waals surface area (Å²) in [6, 6.07) is 23.3. The molecule has 0 saturated carbocycles. The number of benzene rings is 3. The lowest BCUT2D eigenvalue weighted by Crippen LogP contribution is -2.48. The third kappa shape index (κ3) is 5.67. The molecule has 2 heterocycles. The molecular weight excluding hydrogens is 518 g/mol. The van der Waals surface area contributed by atoms with Crippen molar-refractivity contribution in [2.75, 3.05) is 55.0 Å². The van der Waals surface area contributed by atoms with E-state index in [-0.39, 0.29) is 10.8 Å². The van der Waals surface area contributed by atoms with E-state index in [4.69, 9.17) is 4.98 Å². The minimum Gasteiger partial charge on any atom is -0.351 e. The molecule has 1 saturated heterocycles. The maximum atomic E-state index is 13.2. The number of anilines is 2. The molecule has 4 aromatic rings. The third-order valence-electron chi connectivity index (χ3n) is 6.67. The lowest BCUT2D eigenvalue weighted by molar-refractivity contribution is 0.0947. The molecule has 8 nitrogen and oxygen atoms in total. The van der Waals surface area contributed by atoms with Gasteiger partial charge in [0.2, 0.25) is 0 Å². The topological polar surface area (TPSA) is 85.8 Å². The van der Waals surface area contributed by atoms with Crippen LogP contribution in [0.5, 0.6) is 0 Å². The van der Waals surface area contributed by atoms with E-state index < -0.39 is 10.0 Å². The highest BCUT2D eigenvalue weighted by atomic mass is 32.2. The van der Waals surface area contributed by atoms with Crippen LogP contribution in [0, 0.1) is 0 Å². The molecule has 0 aliphatic carbocycles. The summed E-state index contributed by atoms with van der Waals surface area (Å²) in [6.07, 6.45) is 0. The lowest BCUT2D eigenvalue weighted by Gasteiger charge is -2.34. The fourth-order valence-corrected chi connectivity index (χ4v) is 7.07. The van der Waals surface area contributed by atoms with Crippen molar-refractivity contribution in [2.45, 2.75) is 11.8 Å². The first-order chi connectivity index (χ1) is 18.5. The Morgan fingerprint density at radius 2 is 1.63 bits per heavy atom. The number of hydrogen-bond acceptors (Lipinski definition) is 7. The van der Waals surface area contributed by atoms with Crippen LogP contribution in [0.15, 0.2) is 83.8 Å². The lowest BCUT2D eigenvalue weighted by atomic mass is 10.2. The number of amides is 1. The van der Waals surface area contributed by atoms with E-state index in [2.05, 4.69) is 21.2 Å². The fraction of sp³-hybridized carbons (Fsp3) is 0.286. The Morgan fingerprint density at radius 3 is 2.32 bits per heavy atom. The second kappa shape index (κ2) is 11.5. The quantitative estimate of drug-likeness (QED) is 0.339. The normalized spacial score (nSPS) is 14.5. The standard InChI is InChI=1S/C28H31N5O3S2/c1-2-33(23-8-4-3-5-9-23)38(35,36)24-14-12-22(13-15-24)27(34)29-16-17-31-18-20-32(21-19-31)28-30-25-10-6-7-11-26(25)37-28/h3-15H,2,16-21H2,1H3,(H,29,34). The second-order valence-electron chi connectivity index (χ2n) is 9.08. The molecule has 0 unspecified atom stereocenters. The zero-order valence-electron chi connectivity index (χ0n) is 21.3. The molecular formula is C28H31N5O3S2. The molecule has 3 aromatic carbocycles. The maximum Gasteiger partial charge on any atom is 0.264 e. The fourth-order valence-electron chi connectivity index (χ4n) is 4.58. The van der Waals surface area contributed by atoms with E-state index in [0.29, 0.717) is 24.3 Å². The number of carbonyl (C=O) groups is 1. The van der Waals surface area contributed by atoms with Crippen molar-refractivity contribution >= 4 is 48.3 Å². The number of carbonyl (C=O) groups excluding carboxylic acids is 1. The van der Waals surface area contributed by atoms with Gasteiger partial charge in [0.1, 0.15) is 0 Å². The van der Waals surface area contributed by atoms with Crippen LogP contribution >= 0.6 is 11.3 Å². The van der Waals surface area contributed by atoms with Crippen LogP contribution in [0.3, 0.4) is 0 Å². The van der Waals surface area contributed by atoms with E-state index in [1.807, 2.05) is 36.4 Å². The molecule has 0 spiro atoms. The summed E-state index contributed by atoms with van der Waals surface area (Å²) >= 11 is 1.73. The Morgan fingerprint density at radius 1 is 0.947 bits per heavy atom. The molecule has 1 aliphatic heterocycles. The van der Waals surface area contributed by atoms with Gasteiger partial charge in [-0.25, -0.2) is 13.4 Å². The van der Waals surface area contributed by atoms with Crippen LogP contribution in [-0.2, 0) is 10.0 Å². The van der Waals surface area contributed by atoms with Gasteiger partial charge in [-0.15, -0.1) is 0 Å². The van der Waals surface area contributed by atoms with Crippen LogP contribution in [0.1, 0.15) is 17.3 Å². The second-order valence-corrected chi connectivity index (χ2v) is 11.9. The Kier molecular flexibility index (Phi) is 7.92. The number of thiazole rings is 1. The first-order valence-corrected chi connectivity index (χ1v) is 15.0. The largest absolute Gasteiger partial charge is 0.351 e. The van der Waals surface area contributed by atoms with E-state index in [0.717, 1.165) is 43.4 Å². The van der Waals surface area contributed by atoms with Gasteiger partial charge in [-0.05, 0) is 55.5 Å². The van der Waals surface area contributed by atoms with Gasteiger partial charge in [-0.1, -0.05) is 41.7 Å². The predicted molar refractivity (Wildman–Crippen MR) is 154 cm³/mol. The number of sulfonamides is 1. The third-order valence-corrected chi connectivity index (χ3v) is 9.69. The van der Waals surface area contributed by atoms with E-state index >= 15 is 0 Å². The average molecular weight is 550 g/mol. The van der Waals surface area contributed by atoms with Gasteiger partial charge < -0.3 is 10.2 Å². The Hall–Kier alpha value is -3.47. The Bertz CT molecular complexity index is 1450. The maximum absolute atomic E-state index is 13.2. The smallest absolute Gasteiger partial charge is 0.264 e. The highest BCUT2D eigenvalue weighted by Crippen LogP contribution is 2.29. The van der Waals surface area contributed by atoms with Crippen molar-refractivity contribution in [3.05, 3.63) is 84.4 Å². The summed E-state index contributed by atoms with van der Waals surface area (Å²) in [5.74, 6) is -0.211. The highest BCUT2D eigenvalue weighted by molar-refractivity contribution is 7.92. The molecule has 0 bridgehead atoms. The van der Waals surface area contributed by atoms with Crippen molar-refractivity contribution in [1.29, 1.82) is 0 Å². The summed E-state index contributed by atoms with van der Waals surface area (Å²) in [5, 5.41) is 4.03. The van der Waals surface area contributed by atoms with Crippen LogP contribution in [0.2, 0.25) is 0 Å². The van der Waals surface area contributed by atoms with Crippen molar-refractivity contribution in [3.63, 3.8) is 0 Å². The predicted octanol–water partition coefficient (Wildman–Crippen LogP) is 4.06. The molecule has 1 N–H and O–H groups in total. The number of aromatic nitrogens is 1. The van der Waals surface area contributed by atoms with Crippen molar-refractivity contribution in [3.8, 4) is 0 Å². The molecule has 10 heteroatoms. The van der Waals surface area contributed by atoms with Crippen LogP contribution < -0.4 is 14.5 Å².